The van der Waals surface area contributed by atoms with Crippen LogP contribution in [0.4, 0.5) is 5.82 Å². The quantitative estimate of drug-likeness (QED) is 0.275. The molecule has 208 valence electrons. The summed E-state index contributed by atoms with van der Waals surface area (Å²) in [5.74, 6) is 0.767. The SMILES string of the molecule is Cc1cc(N2CC(C(=O)NCC3CCCCO3)C2)nc2c1c(=O)c(C(O)O)cn2-c1nc(-c2cnccn2)ns1. The summed E-state index contributed by atoms with van der Waals surface area (Å²) in [6.45, 7) is 4.01. The average Bonchev–Trinajstić information content (AvgIpc) is 3.42. The van der Waals surface area contributed by atoms with Gasteiger partial charge in [0.15, 0.2) is 23.2 Å². The second-order valence-electron chi connectivity index (χ2n) is 9.98. The number of aromatic nitrogens is 6. The van der Waals surface area contributed by atoms with Crippen molar-refractivity contribution < 1.29 is 19.7 Å². The molecule has 2 aliphatic rings. The lowest BCUT2D eigenvalue weighted by atomic mass is 9.98. The molecule has 2 fully saturated rings. The number of carbonyl (C=O) groups is 1. The summed E-state index contributed by atoms with van der Waals surface area (Å²) in [5, 5.41) is 23.5. The fraction of sp³-hybridized carbons (Fsp3) is 0.423. The van der Waals surface area contributed by atoms with Gasteiger partial charge in [0.25, 0.3) is 0 Å². The van der Waals surface area contributed by atoms with Crippen LogP contribution in [0.1, 0.15) is 36.7 Å². The molecule has 1 atom stereocenters. The van der Waals surface area contributed by atoms with Gasteiger partial charge in [-0.05, 0) is 37.8 Å². The molecule has 14 heteroatoms. The molecular weight excluding hydrogens is 536 g/mol. The van der Waals surface area contributed by atoms with Crippen LogP contribution >= 0.6 is 11.5 Å². The van der Waals surface area contributed by atoms with Gasteiger partial charge < -0.3 is 25.2 Å². The lowest BCUT2D eigenvalue weighted by Gasteiger charge is -2.39. The van der Waals surface area contributed by atoms with Crippen LogP contribution in [0.25, 0.3) is 27.7 Å². The van der Waals surface area contributed by atoms with E-state index in [1.807, 2.05) is 4.90 Å². The number of hydrogen-bond donors (Lipinski definition) is 3. The molecule has 1 unspecified atom stereocenters. The summed E-state index contributed by atoms with van der Waals surface area (Å²) in [5.41, 5.74) is 0.657. The van der Waals surface area contributed by atoms with E-state index in [2.05, 4.69) is 24.6 Å². The Balaban J connectivity index is 1.29. The predicted octanol–water partition coefficient (Wildman–Crippen LogP) is 1.11. The topological polar surface area (TPSA) is 168 Å². The molecule has 13 nitrogen and oxygen atoms in total. The zero-order valence-corrected chi connectivity index (χ0v) is 22.5. The first-order chi connectivity index (χ1) is 19.4. The summed E-state index contributed by atoms with van der Waals surface area (Å²) in [6.07, 6.45) is 7.19. The molecule has 6 rings (SSSR count). The third-order valence-corrected chi connectivity index (χ3v) is 7.93. The number of anilines is 1. The third-order valence-electron chi connectivity index (χ3n) is 7.22. The van der Waals surface area contributed by atoms with Crippen LogP contribution in [-0.4, -0.2) is 77.3 Å². The molecule has 0 spiro atoms. The number of pyridine rings is 2. The standard InChI is InChI=1S/C26H28N8O5S/c1-14-8-19(33-11-15(12-33)24(36)29-9-16-4-2-3-7-39-16)30-23-20(14)21(35)17(25(37)38)13-34(23)26-31-22(32-40-26)18-10-27-5-6-28-18/h5-6,8,10,13,15-16,25,37-38H,2-4,7,9,11-12H2,1H3,(H,29,36). The van der Waals surface area contributed by atoms with E-state index in [0.717, 1.165) is 37.4 Å². The summed E-state index contributed by atoms with van der Waals surface area (Å²) < 4.78 is 11.6. The Morgan fingerprint density at radius 2 is 2.10 bits per heavy atom. The van der Waals surface area contributed by atoms with Gasteiger partial charge >= 0.3 is 0 Å². The number of fused-ring (bicyclic) bond motifs is 1. The number of aryl methyl sites for hydroxylation is 1. The van der Waals surface area contributed by atoms with Crippen molar-refractivity contribution in [2.24, 2.45) is 5.92 Å². The Morgan fingerprint density at radius 1 is 1.25 bits per heavy atom. The molecule has 4 aromatic heterocycles. The van der Waals surface area contributed by atoms with E-state index in [-0.39, 0.29) is 28.9 Å². The second-order valence-corrected chi connectivity index (χ2v) is 10.7. The Hall–Kier alpha value is -3.85. The van der Waals surface area contributed by atoms with Crippen LogP contribution in [0.15, 0.2) is 35.6 Å². The average molecular weight is 565 g/mol. The maximum Gasteiger partial charge on any atom is 0.226 e. The van der Waals surface area contributed by atoms with Crippen LogP contribution in [-0.2, 0) is 9.53 Å². The molecule has 2 aliphatic heterocycles. The zero-order chi connectivity index (χ0) is 27.8. The maximum absolute atomic E-state index is 13.2. The van der Waals surface area contributed by atoms with Crippen LogP contribution in [0, 0.1) is 12.8 Å². The number of hydrogen-bond acceptors (Lipinski definition) is 12. The monoisotopic (exact) mass is 564 g/mol. The number of carbonyl (C=O) groups excluding carboxylic acids is 1. The van der Waals surface area contributed by atoms with Gasteiger partial charge in [0.05, 0.1) is 29.2 Å². The number of aliphatic hydroxyl groups is 2. The van der Waals surface area contributed by atoms with E-state index < -0.39 is 11.7 Å². The van der Waals surface area contributed by atoms with E-state index in [0.29, 0.717) is 53.3 Å². The minimum Gasteiger partial charge on any atom is -0.376 e. The molecule has 0 aliphatic carbocycles. The molecule has 6 heterocycles. The number of ether oxygens (including phenoxy) is 1. The third kappa shape index (κ3) is 5.06. The van der Waals surface area contributed by atoms with Gasteiger partial charge in [-0.2, -0.15) is 9.36 Å². The molecule has 3 N–H and O–H groups in total. The van der Waals surface area contributed by atoms with Crippen molar-refractivity contribution in [3.05, 3.63) is 52.2 Å². The van der Waals surface area contributed by atoms with Gasteiger partial charge in [0, 0.05) is 56.4 Å². The Labute approximate surface area is 232 Å². The normalized spacial score (nSPS) is 17.8. The van der Waals surface area contributed by atoms with Crippen molar-refractivity contribution in [1.82, 2.24) is 34.2 Å². The number of amides is 1. The lowest BCUT2D eigenvalue weighted by Crippen LogP contribution is -2.55. The Kier molecular flexibility index (Phi) is 7.23. The van der Waals surface area contributed by atoms with Gasteiger partial charge in [-0.15, -0.1) is 0 Å². The highest BCUT2D eigenvalue weighted by molar-refractivity contribution is 7.08. The highest BCUT2D eigenvalue weighted by atomic mass is 32.1. The van der Waals surface area contributed by atoms with Crippen LogP contribution in [0.5, 0.6) is 0 Å². The minimum absolute atomic E-state index is 0.00758. The summed E-state index contributed by atoms with van der Waals surface area (Å²) in [6, 6.07) is 1.77. The second kappa shape index (κ2) is 11.0. The lowest BCUT2D eigenvalue weighted by molar-refractivity contribution is -0.126. The molecule has 4 aromatic rings. The van der Waals surface area contributed by atoms with E-state index in [1.165, 1.54) is 23.2 Å². The van der Waals surface area contributed by atoms with Crippen molar-refractivity contribution in [3.63, 3.8) is 0 Å². The van der Waals surface area contributed by atoms with Crippen molar-refractivity contribution in [3.8, 4) is 16.6 Å². The number of nitrogens with zero attached hydrogens (tertiary/aromatic N) is 7. The molecule has 40 heavy (non-hydrogen) atoms. The highest BCUT2D eigenvalue weighted by Crippen LogP contribution is 2.29. The first-order valence-electron chi connectivity index (χ1n) is 13.1. The molecule has 0 radical (unpaired) electrons. The Bertz CT molecular complexity index is 1600. The van der Waals surface area contributed by atoms with E-state index in [4.69, 9.17) is 9.72 Å². The van der Waals surface area contributed by atoms with Crippen molar-refractivity contribution in [2.75, 3.05) is 31.1 Å². The van der Waals surface area contributed by atoms with Crippen LogP contribution in [0.2, 0.25) is 0 Å². The minimum atomic E-state index is -1.98. The molecule has 1 amide bonds. The fourth-order valence-corrected chi connectivity index (χ4v) is 5.64. The molecule has 0 saturated carbocycles. The first-order valence-corrected chi connectivity index (χ1v) is 13.8. The summed E-state index contributed by atoms with van der Waals surface area (Å²) in [4.78, 5) is 45.5. The van der Waals surface area contributed by atoms with Gasteiger partial charge in [0.2, 0.25) is 11.0 Å². The van der Waals surface area contributed by atoms with Crippen molar-refractivity contribution in [1.29, 1.82) is 0 Å². The summed E-state index contributed by atoms with van der Waals surface area (Å²) >= 11 is 1.05. The molecule has 0 aromatic carbocycles. The molecule has 0 bridgehead atoms. The molecular formula is C26H28N8O5S. The first kappa shape index (κ1) is 26.4. The molecule has 2 saturated heterocycles. The fourth-order valence-electron chi connectivity index (χ4n) is 4.98. The van der Waals surface area contributed by atoms with Crippen molar-refractivity contribution in [2.45, 2.75) is 38.6 Å². The van der Waals surface area contributed by atoms with Gasteiger partial charge in [-0.25, -0.2) is 9.97 Å². The van der Waals surface area contributed by atoms with Gasteiger partial charge in [-0.1, -0.05) is 0 Å². The van der Waals surface area contributed by atoms with E-state index in [1.54, 1.807) is 19.2 Å². The Morgan fingerprint density at radius 3 is 2.83 bits per heavy atom. The van der Waals surface area contributed by atoms with E-state index >= 15 is 0 Å². The number of nitrogens with one attached hydrogen (secondary N) is 1. The zero-order valence-electron chi connectivity index (χ0n) is 21.7. The number of rotatable bonds is 7. The highest BCUT2D eigenvalue weighted by Gasteiger charge is 2.34. The van der Waals surface area contributed by atoms with Crippen LogP contribution in [0.3, 0.4) is 0 Å². The summed E-state index contributed by atoms with van der Waals surface area (Å²) in [7, 11) is 0. The van der Waals surface area contributed by atoms with Crippen LogP contribution < -0.4 is 15.6 Å². The van der Waals surface area contributed by atoms with Crippen molar-refractivity contribution >= 4 is 34.3 Å². The smallest absolute Gasteiger partial charge is 0.226 e. The number of aliphatic hydroxyl groups excluding tert-OH is 1. The maximum atomic E-state index is 13.2. The van der Waals surface area contributed by atoms with E-state index in [9.17, 15) is 19.8 Å². The largest absolute Gasteiger partial charge is 0.376 e. The predicted molar refractivity (Wildman–Crippen MR) is 146 cm³/mol. The van der Waals surface area contributed by atoms with Gasteiger partial charge in [-0.3, -0.25) is 19.1 Å². The van der Waals surface area contributed by atoms with Gasteiger partial charge in [0.1, 0.15) is 11.5 Å².